The molecular weight excluding hydrogens is 309 g/mol. The van der Waals surface area contributed by atoms with Crippen LogP contribution < -0.4 is 0 Å². The summed E-state index contributed by atoms with van der Waals surface area (Å²) < 4.78 is 50.6. The lowest BCUT2D eigenvalue weighted by molar-refractivity contribution is -0.296. The van der Waals surface area contributed by atoms with Crippen LogP contribution in [0.5, 0.6) is 0 Å². The zero-order valence-electron chi connectivity index (χ0n) is 13.9. The van der Waals surface area contributed by atoms with Crippen molar-refractivity contribution < 1.29 is 27.4 Å². The Balaban J connectivity index is 2.20. The number of halogens is 3. The second-order valence-corrected chi connectivity index (χ2v) is 7.15. The van der Waals surface area contributed by atoms with E-state index in [4.69, 9.17) is 9.47 Å². The molecule has 2 rings (SSSR count). The minimum absolute atomic E-state index is 0.0866. The summed E-state index contributed by atoms with van der Waals surface area (Å²) in [5.74, 6) is 0.418. The van der Waals surface area contributed by atoms with Gasteiger partial charge in [0, 0.05) is 12.7 Å². The molecular formula is C17H25F3O3. The molecule has 5 unspecified atom stereocenters. The summed E-state index contributed by atoms with van der Waals surface area (Å²) in [5.41, 5.74) is -2.43. The van der Waals surface area contributed by atoms with E-state index in [2.05, 4.69) is 6.58 Å². The van der Waals surface area contributed by atoms with Crippen molar-refractivity contribution in [2.24, 2.45) is 17.8 Å². The second kappa shape index (κ2) is 6.46. The fourth-order valence-corrected chi connectivity index (χ4v) is 3.99. The molecule has 2 bridgehead atoms. The van der Waals surface area contributed by atoms with E-state index in [1.165, 1.54) is 6.92 Å². The van der Waals surface area contributed by atoms with E-state index in [9.17, 15) is 18.0 Å². The van der Waals surface area contributed by atoms with Crippen molar-refractivity contribution in [1.82, 2.24) is 0 Å². The molecule has 0 radical (unpaired) electrons. The van der Waals surface area contributed by atoms with E-state index in [1.54, 1.807) is 0 Å². The van der Waals surface area contributed by atoms with Crippen molar-refractivity contribution in [3.05, 3.63) is 12.2 Å². The first-order valence-electron chi connectivity index (χ1n) is 8.06. The molecule has 0 saturated heterocycles. The number of ether oxygens (including phenoxy) is 2. The molecule has 2 aliphatic rings. The lowest BCUT2D eigenvalue weighted by atomic mass is 9.81. The number of carbonyl (C=O) groups is 1. The predicted octanol–water partition coefficient (Wildman–Crippen LogP) is 4.27. The third-order valence-corrected chi connectivity index (χ3v) is 5.60. The Morgan fingerprint density at radius 1 is 1.30 bits per heavy atom. The topological polar surface area (TPSA) is 35.5 Å². The van der Waals surface area contributed by atoms with E-state index >= 15 is 0 Å². The van der Waals surface area contributed by atoms with Gasteiger partial charge in [-0.1, -0.05) is 13.0 Å². The molecule has 2 saturated carbocycles. The van der Waals surface area contributed by atoms with Gasteiger partial charge in [-0.05, 0) is 57.3 Å². The van der Waals surface area contributed by atoms with E-state index in [1.807, 2.05) is 0 Å². The normalized spacial score (nSPS) is 30.8. The largest absolute Gasteiger partial charge is 0.456 e. The van der Waals surface area contributed by atoms with Gasteiger partial charge < -0.3 is 9.47 Å². The average Bonchev–Trinajstić information content (AvgIpc) is 3.06. The number of carbonyl (C=O) groups excluding carboxylic acids is 1. The highest BCUT2D eigenvalue weighted by molar-refractivity contribution is 5.87. The number of hydrogen-bond acceptors (Lipinski definition) is 3. The van der Waals surface area contributed by atoms with Gasteiger partial charge in [0.05, 0.1) is 0 Å². The first kappa shape index (κ1) is 18.3. The van der Waals surface area contributed by atoms with Crippen molar-refractivity contribution >= 4 is 5.97 Å². The number of esters is 1. The van der Waals surface area contributed by atoms with Crippen molar-refractivity contribution in [2.75, 3.05) is 7.11 Å². The second-order valence-electron chi connectivity index (χ2n) is 7.15. The Hall–Kier alpha value is -1.04. The molecule has 0 aromatic rings. The molecule has 2 fully saturated rings. The molecule has 0 heterocycles. The molecule has 0 aliphatic heterocycles. The van der Waals surface area contributed by atoms with Crippen LogP contribution in [0.4, 0.5) is 13.2 Å². The summed E-state index contributed by atoms with van der Waals surface area (Å²) in [4.78, 5) is 11.8. The molecule has 0 N–H and O–H groups in total. The molecule has 0 aromatic carbocycles. The first-order valence-corrected chi connectivity index (χ1v) is 8.06. The van der Waals surface area contributed by atoms with Crippen LogP contribution in [-0.2, 0) is 14.3 Å². The minimum atomic E-state index is -4.63. The third-order valence-electron chi connectivity index (χ3n) is 5.60. The smallest absolute Gasteiger partial charge is 0.420 e. The van der Waals surface area contributed by atoms with E-state index in [0.29, 0.717) is 11.8 Å². The maximum atomic E-state index is 13.5. The van der Waals surface area contributed by atoms with Gasteiger partial charge in [-0.25, -0.2) is 4.79 Å². The minimum Gasteiger partial charge on any atom is -0.456 e. The monoisotopic (exact) mass is 334 g/mol. The highest BCUT2D eigenvalue weighted by Gasteiger charge is 2.59. The zero-order valence-corrected chi connectivity index (χ0v) is 13.9. The van der Waals surface area contributed by atoms with Crippen molar-refractivity contribution in [3.63, 3.8) is 0 Å². The lowest BCUT2D eigenvalue weighted by Gasteiger charge is -2.39. The number of rotatable bonds is 6. The van der Waals surface area contributed by atoms with Gasteiger partial charge in [0.15, 0.2) is 5.60 Å². The Bertz CT molecular complexity index is 474. The maximum absolute atomic E-state index is 13.5. The summed E-state index contributed by atoms with van der Waals surface area (Å²) >= 11 is 0. The highest BCUT2D eigenvalue weighted by atomic mass is 19.4. The quantitative estimate of drug-likeness (QED) is 0.537. The van der Waals surface area contributed by atoms with Crippen LogP contribution >= 0.6 is 0 Å². The van der Waals surface area contributed by atoms with Crippen LogP contribution in [0.2, 0.25) is 0 Å². The summed E-state index contributed by atoms with van der Waals surface area (Å²) in [6.45, 7) is 5.83. The number of alkyl halides is 3. The number of methoxy groups -OCH3 is 1. The van der Waals surface area contributed by atoms with E-state index < -0.39 is 23.9 Å². The van der Waals surface area contributed by atoms with E-state index in [-0.39, 0.29) is 17.9 Å². The van der Waals surface area contributed by atoms with E-state index in [0.717, 1.165) is 39.7 Å². The van der Waals surface area contributed by atoms with Crippen molar-refractivity contribution in [1.29, 1.82) is 0 Å². The number of fused-ring (bicyclic) bond motifs is 2. The van der Waals surface area contributed by atoms with Gasteiger partial charge in [-0.2, -0.15) is 13.2 Å². The molecule has 23 heavy (non-hydrogen) atoms. The van der Waals surface area contributed by atoms with Crippen molar-refractivity contribution in [3.8, 4) is 0 Å². The molecule has 132 valence electrons. The van der Waals surface area contributed by atoms with Gasteiger partial charge in [0.25, 0.3) is 0 Å². The van der Waals surface area contributed by atoms with Crippen molar-refractivity contribution in [2.45, 2.75) is 63.8 Å². The third kappa shape index (κ3) is 3.57. The predicted molar refractivity (Wildman–Crippen MR) is 79.7 cm³/mol. The first-order chi connectivity index (χ1) is 10.6. The molecule has 6 heteroatoms. The Labute approximate surface area is 135 Å². The Morgan fingerprint density at radius 3 is 2.35 bits per heavy atom. The van der Waals surface area contributed by atoms with Crippen LogP contribution in [0.25, 0.3) is 0 Å². The zero-order chi connectivity index (χ0) is 17.4. The standard InChI is InChI=1S/C17H25F3O3/c1-10(2)15(21)23-14(16(3,22-4)17(18,19)20)9-13-8-11-5-6-12(13)7-11/h11-14H,1,5-9H2,2-4H3. The van der Waals surface area contributed by atoms with Gasteiger partial charge in [0.2, 0.25) is 0 Å². The molecule has 0 amide bonds. The number of hydrogen-bond donors (Lipinski definition) is 0. The lowest BCUT2D eigenvalue weighted by Crippen LogP contribution is -2.55. The van der Waals surface area contributed by atoms with Crippen LogP contribution in [0.3, 0.4) is 0 Å². The fraction of sp³-hybridized carbons (Fsp3) is 0.824. The average molecular weight is 334 g/mol. The van der Waals surface area contributed by atoms with Gasteiger partial charge in [-0.15, -0.1) is 0 Å². The molecule has 5 atom stereocenters. The summed E-state index contributed by atoms with van der Waals surface area (Å²) in [5, 5.41) is 0. The van der Waals surface area contributed by atoms with Gasteiger partial charge >= 0.3 is 12.1 Å². The molecule has 0 aromatic heterocycles. The fourth-order valence-electron chi connectivity index (χ4n) is 3.99. The SMILES string of the molecule is C=C(C)C(=O)OC(CC1CC2CCC1C2)C(C)(OC)C(F)(F)F. The van der Waals surface area contributed by atoms with Gasteiger partial charge in [-0.3, -0.25) is 0 Å². The molecule has 0 spiro atoms. The van der Waals surface area contributed by atoms with Crippen LogP contribution in [0.15, 0.2) is 12.2 Å². The molecule has 3 nitrogen and oxygen atoms in total. The van der Waals surface area contributed by atoms with Crippen LogP contribution in [0, 0.1) is 17.8 Å². The Kier molecular flexibility index (Phi) is 5.14. The van der Waals surface area contributed by atoms with Crippen LogP contribution in [0.1, 0.15) is 46.0 Å². The summed E-state index contributed by atoms with van der Waals surface area (Å²) in [6, 6.07) is 0. The maximum Gasteiger partial charge on any atom is 0.420 e. The Morgan fingerprint density at radius 2 is 1.96 bits per heavy atom. The van der Waals surface area contributed by atoms with Gasteiger partial charge in [0.1, 0.15) is 6.10 Å². The molecule has 2 aliphatic carbocycles. The summed E-state index contributed by atoms with van der Waals surface area (Å²) in [7, 11) is 1.01. The van der Waals surface area contributed by atoms with Crippen LogP contribution in [-0.4, -0.2) is 31.0 Å². The summed E-state index contributed by atoms with van der Waals surface area (Å²) in [6.07, 6.45) is -1.57. The highest BCUT2D eigenvalue weighted by Crippen LogP contribution is 2.51.